The minimum absolute atomic E-state index is 0.114. The number of nitrogens with one attached hydrogen (secondary N) is 1. The number of hydrogen-bond acceptors (Lipinski definition) is 5. The lowest BCUT2D eigenvalue weighted by Gasteiger charge is -1.98. The van der Waals surface area contributed by atoms with Crippen LogP contribution >= 0.6 is 11.3 Å². The molecule has 2 N–H and O–H groups in total. The molecule has 0 saturated carbocycles. The zero-order valence-electron chi connectivity index (χ0n) is 7.84. The van der Waals surface area contributed by atoms with Gasteiger partial charge in [0.1, 0.15) is 10.6 Å². The Balaban J connectivity index is 2.24. The van der Waals surface area contributed by atoms with Gasteiger partial charge in [-0.1, -0.05) is 0 Å². The number of carboxylic acid groups (broad SMARTS) is 1. The maximum atomic E-state index is 11.2. The number of nitrogens with zero attached hydrogens (tertiary/aromatic N) is 1. The Morgan fingerprint density at radius 1 is 1.56 bits per heavy atom. The van der Waals surface area contributed by atoms with Crippen molar-refractivity contribution in [3.8, 4) is 11.6 Å². The van der Waals surface area contributed by atoms with Crippen molar-refractivity contribution in [1.82, 2.24) is 9.97 Å². The summed E-state index contributed by atoms with van der Waals surface area (Å²) in [7, 11) is 0. The molecule has 0 saturated heterocycles. The molecule has 0 fully saturated rings. The standard InChI is InChI=1S/C9H6N2O4S/c12-7-8(11-2-1-10-7)15-5-3-6(9(13)14)16-4-5/h1-4H,(H,10,12)(H,13,14). The molecule has 0 atom stereocenters. The third-order valence-corrected chi connectivity index (χ3v) is 2.57. The smallest absolute Gasteiger partial charge is 0.346 e. The lowest BCUT2D eigenvalue weighted by atomic mass is 10.4. The highest BCUT2D eigenvalue weighted by Crippen LogP contribution is 2.24. The summed E-state index contributed by atoms with van der Waals surface area (Å²) in [5.74, 6) is -0.862. The number of rotatable bonds is 3. The number of hydrogen-bond donors (Lipinski definition) is 2. The van der Waals surface area contributed by atoms with E-state index in [1.165, 1.54) is 23.8 Å². The lowest BCUT2D eigenvalue weighted by molar-refractivity contribution is 0.0702. The lowest BCUT2D eigenvalue weighted by Crippen LogP contribution is -2.08. The molecule has 0 spiro atoms. The topological polar surface area (TPSA) is 92.3 Å². The van der Waals surface area contributed by atoms with Gasteiger partial charge in [-0.15, -0.1) is 11.3 Å². The van der Waals surface area contributed by atoms with Gasteiger partial charge in [0.05, 0.1) is 0 Å². The molecule has 6 nitrogen and oxygen atoms in total. The average molecular weight is 238 g/mol. The summed E-state index contributed by atoms with van der Waals surface area (Å²) >= 11 is 1.02. The first kappa shape index (κ1) is 10.4. The minimum atomic E-state index is -1.03. The second-order valence-corrected chi connectivity index (χ2v) is 3.69. The molecule has 7 heteroatoms. The van der Waals surface area contributed by atoms with E-state index in [-0.39, 0.29) is 16.5 Å². The molecule has 0 aromatic carbocycles. The summed E-state index contributed by atoms with van der Waals surface area (Å²) in [4.78, 5) is 28.1. The zero-order chi connectivity index (χ0) is 11.5. The van der Waals surface area contributed by atoms with E-state index in [2.05, 4.69) is 9.97 Å². The summed E-state index contributed by atoms with van der Waals surface area (Å²) < 4.78 is 5.13. The molecule has 0 aliphatic rings. The number of aromatic carboxylic acids is 1. The van der Waals surface area contributed by atoms with Crippen molar-refractivity contribution >= 4 is 17.3 Å². The number of aromatic nitrogens is 2. The predicted octanol–water partition coefficient (Wildman–Crippen LogP) is 1.32. The van der Waals surface area contributed by atoms with E-state index < -0.39 is 11.5 Å². The first-order chi connectivity index (χ1) is 7.66. The van der Waals surface area contributed by atoms with Crippen LogP contribution in [0.5, 0.6) is 11.6 Å². The molecule has 0 amide bonds. The highest BCUT2D eigenvalue weighted by atomic mass is 32.1. The fourth-order valence-corrected chi connectivity index (χ4v) is 1.65. The quantitative estimate of drug-likeness (QED) is 0.841. The van der Waals surface area contributed by atoms with E-state index in [1.54, 1.807) is 0 Å². The Morgan fingerprint density at radius 3 is 3.00 bits per heavy atom. The summed E-state index contributed by atoms with van der Waals surface area (Å²) in [5, 5.41) is 10.2. The molecule has 0 aliphatic carbocycles. The van der Waals surface area contributed by atoms with Gasteiger partial charge in [-0.25, -0.2) is 9.78 Å². The largest absolute Gasteiger partial charge is 0.477 e. The van der Waals surface area contributed by atoms with Gasteiger partial charge in [0.2, 0.25) is 0 Å². The van der Waals surface area contributed by atoms with Crippen molar-refractivity contribution in [1.29, 1.82) is 0 Å². The first-order valence-electron chi connectivity index (χ1n) is 4.20. The fourth-order valence-electron chi connectivity index (χ4n) is 1.01. The molecule has 0 aliphatic heterocycles. The number of H-pyrrole nitrogens is 1. The van der Waals surface area contributed by atoms with E-state index in [4.69, 9.17) is 9.84 Å². The highest BCUT2D eigenvalue weighted by molar-refractivity contribution is 7.12. The van der Waals surface area contributed by atoms with Crippen molar-refractivity contribution in [2.75, 3.05) is 0 Å². The molecular formula is C9H6N2O4S. The number of carboxylic acids is 1. The molecule has 2 heterocycles. The third kappa shape index (κ3) is 2.09. The molecule has 16 heavy (non-hydrogen) atoms. The van der Waals surface area contributed by atoms with Gasteiger partial charge in [-0.05, 0) is 0 Å². The Labute approximate surface area is 93.2 Å². The summed E-state index contributed by atoms with van der Waals surface area (Å²) in [6.45, 7) is 0. The molecule has 0 unspecified atom stereocenters. The molecule has 2 aromatic rings. The maximum Gasteiger partial charge on any atom is 0.346 e. The molecule has 0 radical (unpaired) electrons. The van der Waals surface area contributed by atoms with Crippen molar-refractivity contribution in [3.05, 3.63) is 39.1 Å². The van der Waals surface area contributed by atoms with Crippen LogP contribution in [0.2, 0.25) is 0 Å². The monoisotopic (exact) mass is 238 g/mol. The summed E-state index contributed by atoms with van der Waals surface area (Å²) in [6.07, 6.45) is 2.76. The SMILES string of the molecule is O=C(O)c1cc(Oc2ncc[nH]c2=O)cs1. The molecule has 0 bridgehead atoms. The van der Waals surface area contributed by atoms with Crippen molar-refractivity contribution in [2.45, 2.75) is 0 Å². The van der Waals surface area contributed by atoms with Crippen molar-refractivity contribution in [2.24, 2.45) is 0 Å². The van der Waals surface area contributed by atoms with Gasteiger partial charge in [0, 0.05) is 23.8 Å². The van der Waals surface area contributed by atoms with E-state index in [0.29, 0.717) is 0 Å². The van der Waals surface area contributed by atoms with Crippen LogP contribution < -0.4 is 10.3 Å². The van der Waals surface area contributed by atoms with Gasteiger partial charge < -0.3 is 14.8 Å². The van der Waals surface area contributed by atoms with E-state index >= 15 is 0 Å². The van der Waals surface area contributed by atoms with Crippen LogP contribution in [0.1, 0.15) is 9.67 Å². The minimum Gasteiger partial charge on any atom is -0.477 e. The molecule has 82 valence electrons. The van der Waals surface area contributed by atoms with Crippen LogP contribution in [-0.2, 0) is 0 Å². The van der Waals surface area contributed by atoms with Crippen molar-refractivity contribution in [3.63, 3.8) is 0 Å². The van der Waals surface area contributed by atoms with Gasteiger partial charge in [0.15, 0.2) is 0 Å². The summed E-state index contributed by atoms with van der Waals surface area (Å²) in [5.41, 5.74) is -0.467. The Kier molecular flexibility index (Phi) is 2.69. The van der Waals surface area contributed by atoms with E-state index in [9.17, 15) is 9.59 Å². The van der Waals surface area contributed by atoms with Crippen LogP contribution in [0, 0.1) is 0 Å². The number of aromatic amines is 1. The number of thiophene rings is 1. The Hall–Kier alpha value is -2.15. The van der Waals surface area contributed by atoms with Crippen LogP contribution in [-0.4, -0.2) is 21.0 Å². The predicted molar refractivity (Wildman–Crippen MR) is 56.2 cm³/mol. The van der Waals surface area contributed by atoms with Gasteiger partial charge in [-0.3, -0.25) is 4.79 Å². The normalized spacial score (nSPS) is 10.0. The van der Waals surface area contributed by atoms with Crippen LogP contribution in [0.15, 0.2) is 28.6 Å². The van der Waals surface area contributed by atoms with Crippen LogP contribution in [0.4, 0.5) is 0 Å². The highest BCUT2D eigenvalue weighted by Gasteiger charge is 2.09. The van der Waals surface area contributed by atoms with Crippen LogP contribution in [0.3, 0.4) is 0 Å². The number of carbonyl (C=O) groups is 1. The first-order valence-corrected chi connectivity index (χ1v) is 5.08. The Morgan fingerprint density at radius 2 is 2.38 bits per heavy atom. The third-order valence-electron chi connectivity index (χ3n) is 1.68. The maximum absolute atomic E-state index is 11.2. The second kappa shape index (κ2) is 4.15. The zero-order valence-corrected chi connectivity index (χ0v) is 8.65. The van der Waals surface area contributed by atoms with Crippen LogP contribution in [0.25, 0.3) is 0 Å². The van der Waals surface area contributed by atoms with Crippen molar-refractivity contribution < 1.29 is 14.6 Å². The van der Waals surface area contributed by atoms with Gasteiger partial charge in [-0.2, -0.15) is 0 Å². The Bertz CT molecular complexity index is 575. The van der Waals surface area contributed by atoms with Gasteiger partial charge >= 0.3 is 11.5 Å². The molecular weight excluding hydrogens is 232 g/mol. The average Bonchev–Trinajstić information content (AvgIpc) is 2.70. The molecule has 2 aromatic heterocycles. The second-order valence-electron chi connectivity index (χ2n) is 2.78. The summed E-state index contributed by atoms with van der Waals surface area (Å²) in [6, 6.07) is 1.33. The van der Waals surface area contributed by atoms with E-state index in [1.807, 2.05) is 0 Å². The molecule has 2 rings (SSSR count). The van der Waals surface area contributed by atoms with Gasteiger partial charge in [0.25, 0.3) is 5.88 Å². The fraction of sp³-hybridized carbons (Fsp3) is 0. The number of ether oxygens (including phenoxy) is 1. The van der Waals surface area contributed by atoms with E-state index in [0.717, 1.165) is 11.3 Å².